The number of sulfonamides is 1. The normalized spacial score (nSPS) is 18.5. The van der Waals surface area contributed by atoms with Gasteiger partial charge in [-0.1, -0.05) is 18.9 Å². The first-order valence-electron chi connectivity index (χ1n) is 10.3. The molecule has 2 aromatic rings. The first-order chi connectivity index (χ1) is 14.5. The molecule has 0 spiro atoms. The van der Waals surface area contributed by atoms with Crippen LogP contribution in [-0.4, -0.2) is 31.5 Å². The Kier molecular flexibility index (Phi) is 4.91. The fourth-order valence-electron chi connectivity index (χ4n) is 4.48. The molecular weight excluding hydrogens is 404 g/mol. The van der Waals surface area contributed by atoms with E-state index in [1.54, 1.807) is 22.5 Å². The first kappa shape index (κ1) is 19.4. The van der Waals surface area contributed by atoms with Gasteiger partial charge < -0.3 is 14.8 Å². The van der Waals surface area contributed by atoms with E-state index in [0.717, 1.165) is 36.8 Å². The number of aryl methyl sites for hydroxylation is 1. The number of ether oxygens (including phenoxy) is 2. The summed E-state index contributed by atoms with van der Waals surface area (Å²) in [7, 11) is -3.70. The molecule has 0 atom stereocenters. The molecule has 0 aromatic heterocycles. The van der Waals surface area contributed by atoms with Crippen molar-refractivity contribution in [1.82, 2.24) is 4.31 Å². The van der Waals surface area contributed by atoms with E-state index in [2.05, 4.69) is 5.32 Å². The van der Waals surface area contributed by atoms with Crippen molar-refractivity contribution in [3.63, 3.8) is 0 Å². The van der Waals surface area contributed by atoms with Crippen LogP contribution in [0.25, 0.3) is 0 Å². The maximum atomic E-state index is 13.7. The molecular formula is C22H24N2O5S. The topological polar surface area (TPSA) is 84.9 Å². The van der Waals surface area contributed by atoms with Crippen molar-refractivity contribution < 1.29 is 22.7 Å². The summed E-state index contributed by atoms with van der Waals surface area (Å²) in [5.41, 5.74) is 2.44. The van der Waals surface area contributed by atoms with Gasteiger partial charge >= 0.3 is 0 Å². The fourth-order valence-corrected chi connectivity index (χ4v) is 6.20. The third-order valence-corrected chi connectivity index (χ3v) is 7.98. The summed E-state index contributed by atoms with van der Waals surface area (Å²) < 4.78 is 39.9. The predicted molar refractivity (Wildman–Crippen MR) is 111 cm³/mol. The van der Waals surface area contributed by atoms with Crippen molar-refractivity contribution >= 4 is 21.6 Å². The van der Waals surface area contributed by atoms with Crippen molar-refractivity contribution in [3.05, 3.63) is 47.5 Å². The smallest absolute Gasteiger partial charge is 0.243 e. The summed E-state index contributed by atoms with van der Waals surface area (Å²) in [6, 6.07) is 10.6. The molecule has 30 heavy (non-hydrogen) atoms. The standard InChI is InChI=1S/C22H24N2O5S/c25-22-10-6-16-12-18(7-8-19(16)23-22)30(26,27)24(17-3-1-2-4-17)13-15-5-9-20-21(11-15)29-14-28-20/h5,7-9,11-12,17H,1-4,6,10,13-14H2,(H,23,25). The van der Waals surface area contributed by atoms with Crippen LogP contribution in [0.1, 0.15) is 43.2 Å². The van der Waals surface area contributed by atoms with Crippen LogP contribution in [-0.2, 0) is 27.8 Å². The minimum Gasteiger partial charge on any atom is -0.454 e. The fraction of sp³-hybridized carbons (Fsp3) is 0.409. The maximum Gasteiger partial charge on any atom is 0.243 e. The third kappa shape index (κ3) is 3.54. The van der Waals surface area contributed by atoms with E-state index in [9.17, 15) is 13.2 Å². The van der Waals surface area contributed by atoms with E-state index in [4.69, 9.17) is 9.47 Å². The quantitative estimate of drug-likeness (QED) is 0.789. The lowest BCUT2D eigenvalue weighted by atomic mass is 10.0. The van der Waals surface area contributed by atoms with Gasteiger partial charge in [0.05, 0.1) is 4.90 Å². The van der Waals surface area contributed by atoms with Crippen LogP contribution in [0.15, 0.2) is 41.3 Å². The minimum atomic E-state index is -3.70. The number of carbonyl (C=O) groups excluding carboxylic acids is 1. The molecule has 0 bridgehead atoms. The van der Waals surface area contributed by atoms with Crippen LogP contribution in [0.5, 0.6) is 11.5 Å². The third-order valence-electron chi connectivity index (χ3n) is 6.09. The zero-order valence-electron chi connectivity index (χ0n) is 16.6. The van der Waals surface area contributed by atoms with Crippen molar-refractivity contribution in [2.24, 2.45) is 0 Å². The number of hydrogen-bond donors (Lipinski definition) is 1. The molecule has 2 aromatic carbocycles. The molecule has 2 aliphatic heterocycles. The monoisotopic (exact) mass is 428 g/mol. The number of fused-ring (bicyclic) bond motifs is 2. The Labute approximate surface area is 176 Å². The number of benzene rings is 2. The van der Waals surface area contributed by atoms with Gasteiger partial charge in [0.15, 0.2) is 11.5 Å². The Balaban J connectivity index is 1.48. The van der Waals surface area contributed by atoms with Crippen LogP contribution in [0.2, 0.25) is 0 Å². The summed E-state index contributed by atoms with van der Waals surface area (Å²) in [6.07, 6.45) is 4.73. The molecule has 3 aliphatic rings. The van der Waals surface area contributed by atoms with Gasteiger partial charge in [0.25, 0.3) is 0 Å². The first-order valence-corrected chi connectivity index (χ1v) is 11.8. The highest BCUT2D eigenvalue weighted by molar-refractivity contribution is 7.89. The molecule has 158 valence electrons. The zero-order valence-corrected chi connectivity index (χ0v) is 17.4. The predicted octanol–water partition coefficient (Wildman–Crippen LogP) is 3.43. The number of rotatable bonds is 5. The van der Waals surface area contributed by atoms with E-state index < -0.39 is 10.0 Å². The second-order valence-electron chi connectivity index (χ2n) is 8.04. The lowest BCUT2D eigenvalue weighted by Crippen LogP contribution is -2.38. The molecule has 2 heterocycles. The van der Waals surface area contributed by atoms with Gasteiger partial charge in [-0.05, 0) is 60.7 Å². The number of carbonyl (C=O) groups is 1. The molecule has 1 N–H and O–H groups in total. The summed E-state index contributed by atoms with van der Waals surface area (Å²) in [5.74, 6) is 1.31. The van der Waals surface area contributed by atoms with E-state index in [0.29, 0.717) is 30.0 Å². The van der Waals surface area contributed by atoms with Crippen molar-refractivity contribution in [2.45, 2.75) is 56.0 Å². The van der Waals surface area contributed by atoms with Gasteiger partial charge in [-0.2, -0.15) is 4.31 Å². The van der Waals surface area contributed by atoms with Gasteiger partial charge in [-0.25, -0.2) is 8.42 Å². The summed E-state index contributed by atoms with van der Waals surface area (Å²) in [6.45, 7) is 0.479. The molecule has 1 fully saturated rings. The molecule has 0 saturated heterocycles. The molecule has 5 rings (SSSR count). The number of amides is 1. The van der Waals surface area contributed by atoms with Crippen LogP contribution < -0.4 is 14.8 Å². The van der Waals surface area contributed by atoms with Crippen LogP contribution in [0.3, 0.4) is 0 Å². The van der Waals surface area contributed by atoms with Gasteiger partial charge in [0, 0.05) is 24.7 Å². The highest BCUT2D eigenvalue weighted by Gasteiger charge is 2.34. The highest BCUT2D eigenvalue weighted by Crippen LogP contribution is 2.36. The lowest BCUT2D eigenvalue weighted by molar-refractivity contribution is -0.116. The number of anilines is 1. The number of hydrogen-bond acceptors (Lipinski definition) is 5. The average Bonchev–Trinajstić information content (AvgIpc) is 3.43. The van der Waals surface area contributed by atoms with Crippen molar-refractivity contribution in [2.75, 3.05) is 12.1 Å². The minimum absolute atomic E-state index is 0.0174. The Morgan fingerprint density at radius 3 is 2.63 bits per heavy atom. The Morgan fingerprint density at radius 2 is 1.80 bits per heavy atom. The summed E-state index contributed by atoms with van der Waals surface area (Å²) in [5, 5.41) is 2.81. The Morgan fingerprint density at radius 1 is 1.00 bits per heavy atom. The van der Waals surface area contributed by atoms with E-state index in [-0.39, 0.29) is 30.2 Å². The molecule has 0 radical (unpaired) electrons. The van der Waals surface area contributed by atoms with E-state index >= 15 is 0 Å². The number of nitrogens with zero attached hydrogens (tertiary/aromatic N) is 1. The van der Waals surface area contributed by atoms with E-state index in [1.807, 2.05) is 18.2 Å². The van der Waals surface area contributed by atoms with Crippen LogP contribution >= 0.6 is 0 Å². The van der Waals surface area contributed by atoms with Crippen LogP contribution in [0, 0.1) is 0 Å². The molecule has 8 heteroatoms. The molecule has 1 saturated carbocycles. The summed E-state index contributed by atoms with van der Waals surface area (Å²) >= 11 is 0. The second-order valence-corrected chi connectivity index (χ2v) is 9.93. The number of nitrogens with one attached hydrogen (secondary N) is 1. The van der Waals surface area contributed by atoms with Crippen LogP contribution in [0.4, 0.5) is 5.69 Å². The molecule has 7 nitrogen and oxygen atoms in total. The zero-order chi connectivity index (χ0) is 20.7. The SMILES string of the molecule is O=C1CCc2cc(S(=O)(=O)N(Cc3ccc4c(c3)OCO4)C3CCCC3)ccc2N1. The van der Waals surface area contributed by atoms with Gasteiger partial charge in [-0.15, -0.1) is 0 Å². The van der Waals surface area contributed by atoms with Crippen molar-refractivity contribution in [3.8, 4) is 11.5 Å². The largest absolute Gasteiger partial charge is 0.454 e. The van der Waals surface area contributed by atoms with Gasteiger partial charge in [0.1, 0.15) is 0 Å². The van der Waals surface area contributed by atoms with Crippen molar-refractivity contribution in [1.29, 1.82) is 0 Å². The molecule has 0 unspecified atom stereocenters. The molecule has 1 amide bonds. The Bertz CT molecular complexity index is 1090. The lowest BCUT2D eigenvalue weighted by Gasteiger charge is -2.29. The Hall–Kier alpha value is -2.58. The average molecular weight is 429 g/mol. The highest BCUT2D eigenvalue weighted by atomic mass is 32.2. The van der Waals surface area contributed by atoms with E-state index in [1.165, 1.54) is 0 Å². The van der Waals surface area contributed by atoms with Gasteiger partial charge in [0.2, 0.25) is 22.7 Å². The second kappa shape index (κ2) is 7.59. The maximum absolute atomic E-state index is 13.7. The molecule has 1 aliphatic carbocycles. The van der Waals surface area contributed by atoms with Gasteiger partial charge in [-0.3, -0.25) is 4.79 Å². The summed E-state index contributed by atoms with van der Waals surface area (Å²) in [4.78, 5) is 11.9.